The van der Waals surface area contributed by atoms with E-state index in [0.29, 0.717) is 19.5 Å². The average Bonchev–Trinajstić information content (AvgIpc) is 2.95. The molecule has 0 aliphatic heterocycles. The molecule has 1 aromatic carbocycles. The Kier molecular flexibility index (Phi) is 5.65. The van der Waals surface area contributed by atoms with Gasteiger partial charge in [-0.15, -0.1) is 0 Å². The van der Waals surface area contributed by atoms with Crippen molar-refractivity contribution in [1.82, 2.24) is 9.78 Å². The van der Waals surface area contributed by atoms with Gasteiger partial charge in [-0.3, -0.25) is 4.68 Å². The maximum absolute atomic E-state index is 13.0. The van der Waals surface area contributed by atoms with Crippen LogP contribution in [0.15, 0.2) is 36.5 Å². The first-order valence-electron chi connectivity index (χ1n) is 7.42. The molecule has 23 heavy (non-hydrogen) atoms. The summed E-state index contributed by atoms with van der Waals surface area (Å²) in [5.74, 6) is 0. The van der Waals surface area contributed by atoms with E-state index in [1.165, 1.54) is 10.9 Å². The van der Waals surface area contributed by atoms with Crippen molar-refractivity contribution in [1.29, 1.82) is 0 Å². The summed E-state index contributed by atoms with van der Waals surface area (Å²) in [6.45, 7) is 0.759. The topological polar surface area (TPSA) is 41.3 Å². The predicted octanol–water partition coefficient (Wildman–Crippen LogP) is 2.96. The molecule has 126 valence electrons. The van der Waals surface area contributed by atoms with E-state index in [4.69, 9.17) is 5.11 Å². The number of aromatic nitrogens is 2. The molecule has 1 N–H and O–H groups in total. The fraction of sp³-hybridized carbons (Fsp3) is 0.438. The summed E-state index contributed by atoms with van der Waals surface area (Å²) >= 11 is 0. The molecule has 0 radical (unpaired) electrons. The number of rotatable bonds is 7. The van der Waals surface area contributed by atoms with Gasteiger partial charge in [-0.2, -0.15) is 18.3 Å². The van der Waals surface area contributed by atoms with Crippen LogP contribution in [0, 0.1) is 0 Å². The van der Waals surface area contributed by atoms with E-state index in [9.17, 15) is 13.2 Å². The molecule has 0 bridgehead atoms. The number of hydrogen-bond acceptors (Lipinski definition) is 3. The van der Waals surface area contributed by atoms with Crippen LogP contribution in [-0.2, 0) is 19.1 Å². The van der Waals surface area contributed by atoms with Crippen LogP contribution >= 0.6 is 0 Å². The van der Waals surface area contributed by atoms with Crippen LogP contribution in [0.25, 0.3) is 0 Å². The summed E-state index contributed by atoms with van der Waals surface area (Å²) in [5, 5.41) is 12.5. The highest BCUT2D eigenvalue weighted by molar-refractivity contribution is 5.44. The third-order valence-electron chi connectivity index (χ3n) is 3.57. The van der Waals surface area contributed by atoms with Crippen molar-refractivity contribution in [3.05, 3.63) is 47.8 Å². The molecule has 0 saturated heterocycles. The monoisotopic (exact) mass is 327 g/mol. The molecule has 0 aliphatic rings. The molecule has 0 spiro atoms. The fourth-order valence-corrected chi connectivity index (χ4v) is 2.33. The number of alkyl halides is 3. The molecular formula is C16H20F3N3O. The first kappa shape index (κ1) is 17.3. The van der Waals surface area contributed by atoms with E-state index in [1.54, 1.807) is 0 Å². The number of aliphatic hydroxyl groups excluding tert-OH is 1. The van der Waals surface area contributed by atoms with E-state index in [1.807, 2.05) is 42.3 Å². The zero-order chi connectivity index (χ0) is 16.9. The maximum Gasteiger partial charge on any atom is 0.435 e. The fourth-order valence-electron chi connectivity index (χ4n) is 2.33. The Bertz CT molecular complexity index is 611. The van der Waals surface area contributed by atoms with Gasteiger partial charge in [-0.1, -0.05) is 18.2 Å². The molecule has 0 amide bonds. The van der Waals surface area contributed by atoms with Crippen molar-refractivity contribution in [3.63, 3.8) is 0 Å². The Labute approximate surface area is 133 Å². The number of nitrogens with zero attached hydrogens (tertiary/aromatic N) is 3. The Morgan fingerprint density at radius 3 is 2.52 bits per heavy atom. The number of likely N-dealkylation sites (N-methyl/N-ethyl adjacent to an activating group) is 1. The SMILES string of the molecule is CN(CCn1cc(CCCO)c(C(F)(F)F)n1)c1ccccc1. The van der Waals surface area contributed by atoms with Gasteiger partial charge in [-0.05, 0) is 25.0 Å². The third-order valence-corrected chi connectivity index (χ3v) is 3.57. The Balaban J connectivity index is 2.06. The van der Waals surface area contributed by atoms with E-state index in [-0.39, 0.29) is 18.6 Å². The zero-order valence-electron chi connectivity index (χ0n) is 12.9. The van der Waals surface area contributed by atoms with Crippen LogP contribution in [0.4, 0.5) is 18.9 Å². The highest BCUT2D eigenvalue weighted by Crippen LogP contribution is 2.31. The Morgan fingerprint density at radius 2 is 1.91 bits per heavy atom. The first-order chi connectivity index (χ1) is 10.9. The molecule has 2 aromatic rings. The highest BCUT2D eigenvalue weighted by atomic mass is 19.4. The molecule has 7 heteroatoms. The second-order valence-corrected chi connectivity index (χ2v) is 5.35. The van der Waals surface area contributed by atoms with Crippen LogP contribution in [0.5, 0.6) is 0 Å². The molecule has 0 unspecified atom stereocenters. The minimum absolute atomic E-state index is 0.133. The molecule has 0 aliphatic carbocycles. The van der Waals surface area contributed by atoms with E-state index in [2.05, 4.69) is 5.10 Å². The summed E-state index contributed by atoms with van der Waals surface area (Å²) in [6.07, 6.45) is -2.59. The maximum atomic E-state index is 13.0. The van der Waals surface area contributed by atoms with Crippen LogP contribution in [0.2, 0.25) is 0 Å². The van der Waals surface area contributed by atoms with Crippen LogP contribution < -0.4 is 4.90 Å². The largest absolute Gasteiger partial charge is 0.435 e. The quantitative estimate of drug-likeness (QED) is 0.850. The number of para-hydroxylation sites is 1. The Morgan fingerprint density at radius 1 is 1.22 bits per heavy atom. The second-order valence-electron chi connectivity index (χ2n) is 5.35. The van der Waals surface area contributed by atoms with Gasteiger partial charge in [0.1, 0.15) is 0 Å². The second kappa shape index (κ2) is 7.50. The van der Waals surface area contributed by atoms with Crippen molar-refractivity contribution >= 4 is 5.69 Å². The smallest absolute Gasteiger partial charge is 0.396 e. The molecule has 4 nitrogen and oxygen atoms in total. The minimum Gasteiger partial charge on any atom is -0.396 e. The lowest BCUT2D eigenvalue weighted by molar-refractivity contribution is -0.142. The van der Waals surface area contributed by atoms with Crippen molar-refractivity contribution in [2.24, 2.45) is 0 Å². The van der Waals surface area contributed by atoms with Crippen molar-refractivity contribution in [2.45, 2.75) is 25.6 Å². The number of aryl methyl sites for hydroxylation is 1. The number of halogens is 3. The molecule has 1 heterocycles. The van der Waals surface area contributed by atoms with Gasteiger partial charge in [0.2, 0.25) is 0 Å². The van der Waals surface area contributed by atoms with Gasteiger partial charge in [0.25, 0.3) is 0 Å². The molecule has 1 aromatic heterocycles. The third kappa shape index (κ3) is 4.72. The van der Waals surface area contributed by atoms with E-state index < -0.39 is 11.9 Å². The van der Waals surface area contributed by atoms with Crippen molar-refractivity contribution in [3.8, 4) is 0 Å². The van der Waals surface area contributed by atoms with Gasteiger partial charge in [0.05, 0.1) is 6.54 Å². The zero-order valence-corrected chi connectivity index (χ0v) is 12.9. The van der Waals surface area contributed by atoms with Crippen LogP contribution in [0.1, 0.15) is 17.7 Å². The first-order valence-corrected chi connectivity index (χ1v) is 7.42. The van der Waals surface area contributed by atoms with E-state index >= 15 is 0 Å². The highest BCUT2D eigenvalue weighted by Gasteiger charge is 2.36. The van der Waals surface area contributed by atoms with Crippen LogP contribution in [0.3, 0.4) is 0 Å². The normalized spacial score (nSPS) is 11.7. The summed E-state index contributed by atoms with van der Waals surface area (Å²) < 4.78 is 40.3. The summed E-state index contributed by atoms with van der Waals surface area (Å²) in [4.78, 5) is 1.96. The molecular weight excluding hydrogens is 307 g/mol. The van der Waals surface area contributed by atoms with Gasteiger partial charge in [0.15, 0.2) is 5.69 Å². The lowest BCUT2D eigenvalue weighted by Crippen LogP contribution is -2.23. The number of aliphatic hydroxyl groups is 1. The molecule has 0 atom stereocenters. The summed E-state index contributed by atoms with van der Waals surface area (Å²) in [6, 6.07) is 9.62. The molecule has 0 saturated carbocycles. The standard InChI is InChI=1S/C16H20F3N3O/c1-21(14-7-3-2-4-8-14)9-10-22-12-13(6-5-11-23)15(20-22)16(17,18)19/h2-4,7-8,12,23H,5-6,9-11H2,1H3. The number of hydrogen-bond donors (Lipinski definition) is 1. The lowest BCUT2D eigenvalue weighted by Gasteiger charge is -2.19. The number of anilines is 1. The van der Waals surface area contributed by atoms with Gasteiger partial charge in [0, 0.05) is 37.6 Å². The van der Waals surface area contributed by atoms with Gasteiger partial charge >= 0.3 is 6.18 Å². The average molecular weight is 327 g/mol. The van der Waals surface area contributed by atoms with Crippen molar-refractivity contribution < 1.29 is 18.3 Å². The Hall–Kier alpha value is -2.02. The van der Waals surface area contributed by atoms with Gasteiger partial charge < -0.3 is 10.0 Å². The summed E-state index contributed by atoms with van der Waals surface area (Å²) in [7, 11) is 1.89. The van der Waals surface area contributed by atoms with E-state index in [0.717, 1.165) is 5.69 Å². The molecule has 2 rings (SSSR count). The molecule has 0 fully saturated rings. The van der Waals surface area contributed by atoms with Gasteiger partial charge in [-0.25, -0.2) is 0 Å². The predicted molar refractivity (Wildman–Crippen MR) is 82.3 cm³/mol. The van der Waals surface area contributed by atoms with Crippen molar-refractivity contribution in [2.75, 3.05) is 25.1 Å². The summed E-state index contributed by atoms with van der Waals surface area (Å²) in [5.41, 5.74) is 0.276. The van der Waals surface area contributed by atoms with Crippen LogP contribution in [-0.4, -0.2) is 35.1 Å². The minimum atomic E-state index is -4.47. The number of benzene rings is 1. The lowest BCUT2D eigenvalue weighted by atomic mass is 10.1.